The van der Waals surface area contributed by atoms with E-state index in [0.29, 0.717) is 6.42 Å². The van der Waals surface area contributed by atoms with Crippen LogP contribution in [0.15, 0.2) is 0 Å². The third-order valence-electron chi connectivity index (χ3n) is 4.86. The number of hydrogen-bond acceptors (Lipinski definition) is 10. The van der Waals surface area contributed by atoms with E-state index in [0.717, 1.165) is 0 Å². The monoisotopic (exact) mass is 360 g/mol. The molecule has 0 saturated heterocycles. The molecule has 2 rings (SSSR count). The summed E-state index contributed by atoms with van der Waals surface area (Å²) >= 11 is 0. The van der Waals surface area contributed by atoms with Gasteiger partial charge in [0, 0.05) is 0 Å². The van der Waals surface area contributed by atoms with E-state index >= 15 is 0 Å². The van der Waals surface area contributed by atoms with E-state index in [2.05, 4.69) is 9.47 Å². The van der Waals surface area contributed by atoms with Crippen LogP contribution >= 0.6 is 0 Å². The first-order chi connectivity index (χ1) is 11.7. The van der Waals surface area contributed by atoms with Crippen LogP contribution in [0.1, 0.15) is 25.7 Å². The lowest BCUT2D eigenvalue weighted by atomic mass is 9.75. The van der Waals surface area contributed by atoms with Gasteiger partial charge in [0.15, 0.2) is 12.2 Å². The lowest BCUT2D eigenvalue weighted by molar-refractivity contribution is -0.183. The van der Waals surface area contributed by atoms with Crippen molar-refractivity contribution < 1.29 is 49.1 Å². The Bertz CT molecular complexity index is 573. The van der Waals surface area contributed by atoms with Gasteiger partial charge >= 0.3 is 23.9 Å². The number of aliphatic hydroxyl groups is 4. The van der Waals surface area contributed by atoms with Crippen LogP contribution in [-0.2, 0) is 28.7 Å². The molecule has 0 spiro atoms. The smallest absolute Gasteiger partial charge is 0.345 e. The second kappa shape index (κ2) is 7.56. The molecular formula is C15H20O10. The average molecular weight is 360 g/mol. The average Bonchev–Trinajstić information content (AvgIpc) is 3.19. The Hall–Kier alpha value is -1.88. The molecule has 5 unspecified atom stereocenters. The molecule has 140 valence electrons. The molecule has 2 aliphatic carbocycles. The summed E-state index contributed by atoms with van der Waals surface area (Å²) in [5, 5.41) is 35.8. The molecule has 25 heavy (non-hydrogen) atoms. The zero-order valence-electron chi connectivity index (χ0n) is 13.3. The van der Waals surface area contributed by atoms with Crippen LogP contribution in [0.4, 0.5) is 0 Å². The van der Waals surface area contributed by atoms with Crippen molar-refractivity contribution in [3.05, 3.63) is 0 Å². The molecule has 2 bridgehead atoms. The summed E-state index contributed by atoms with van der Waals surface area (Å²) < 4.78 is 9.11. The standard InChI is InChI=1S/C15H20O10/c16-5-9(18)12(21)24-11(20)8-3-7-1-2-15(8,4-7)14(23)25-13(22)10(19)6-17/h7-10,16-19H,1-6H2. The van der Waals surface area contributed by atoms with E-state index < -0.39 is 60.6 Å². The minimum atomic E-state index is -1.87. The van der Waals surface area contributed by atoms with E-state index in [1.807, 2.05) is 0 Å². The predicted octanol–water partition coefficient (Wildman–Crippen LogP) is -2.36. The maximum atomic E-state index is 12.4. The number of hydrogen-bond donors (Lipinski definition) is 4. The van der Waals surface area contributed by atoms with Crippen molar-refractivity contribution in [1.82, 2.24) is 0 Å². The van der Waals surface area contributed by atoms with Gasteiger partial charge in [-0.25, -0.2) is 9.59 Å². The summed E-state index contributed by atoms with van der Waals surface area (Å²) in [6.07, 6.45) is -2.34. The molecule has 0 aromatic carbocycles. The highest BCUT2D eigenvalue weighted by atomic mass is 16.6. The van der Waals surface area contributed by atoms with Gasteiger partial charge in [0.05, 0.1) is 24.5 Å². The maximum absolute atomic E-state index is 12.4. The van der Waals surface area contributed by atoms with Gasteiger partial charge in [0.1, 0.15) is 0 Å². The molecule has 2 fully saturated rings. The van der Waals surface area contributed by atoms with Gasteiger partial charge < -0.3 is 29.9 Å². The van der Waals surface area contributed by atoms with E-state index in [1.165, 1.54) is 0 Å². The molecule has 5 atom stereocenters. The fraction of sp³-hybridized carbons (Fsp3) is 0.733. The van der Waals surface area contributed by atoms with Crippen molar-refractivity contribution in [1.29, 1.82) is 0 Å². The van der Waals surface area contributed by atoms with Gasteiger partial charge in [-0.3, -0.25) is 9.59 Å². The summed E-state index contributed by atoms with van der Waals surface area (Å²) in [4.78, 5) is 47.6. The van der Waals surface area contributed by atoms with Crippen molar-refractivity contribution >= 4 is 23.9 Å². The summed E-state index contributed by atoms with van der Waals surface area (Å²) in [5.41, 5.74) is -1.35. The van der Waals surface area contributed by atoms with Crippen molar-refractivity contribution in [3.63, 3.8) is 0 Å². The number of aliphatic hydroxyl groups excluding tert-OH is 4. The minimum Gasteiger partial charge on any atom is -0.393 e. The summed E-state index contributed by atoms with van der Waals surface area (Å²) in [6, 6.07) is 0. The van der Waals surface area contributed by atoms with Crippen LogP contribution in [0.3, 0.4) is 0 Å². The van der Waals surface area contributed by atoms with Gasteiger partial charge in [0.2, 0.25) is 0 Å². The first-order valence-electron chi connectivity index (χ1n) is 7.84. The molecule has 0 amide bonds. The normalized spacial score (nSPS) is 29.8. The Morgan fingerprint density at radius 1 is 1.00 bits per heavy atom. The van der Waals surface area contributed by atoms with Crippen LogP contribution in [0, 0.1) is 17.3 Å². The number of rotatable bonds is 6. The fourth-order valence-electron chi connectivity index (χ4n) is 3.56. The molecule has 4 N–H and O–H groups in total. The number of esters is 4. The van der Waals surface area contributed by atoms with Crippen LogP contribution in [0.5, 0.6) is 0 Å². The predicted molar refractivity (Wildman–Crippen MR) is 76.3 cm³/mol. The number of fused-ring (bicyclic) bond motifs is 2. The Kier molecular flexibility index (Phi) is 5.88. The molecule has 2 aliphatic rings. The summed E-state index contributed by atoms with van der Waals surface area (Å²) in [5.74, 6) is -5.72. The second-order valence-corrected chi connectivity index (χ2v) is 6.40. The number of carbonyl (C=O) groups excluding carboxylic acids is 4. The molecule has 0 aromatic rings. The highest BCUT2D eigenvalue weighted by Crippen LogP contribution is 2.58. The van der Waals surface area contributed by atoms with Crippen molar-refractivity contribution in [2.24, 2.45) is 17.3 Å². The Morgan fingerprint density at radius 2 is 1.56 bits per heavy atom. The van der Waals surface area contributed by atoms with Gasteiger partial charge in [-0.1, -0.05) is 0 Å². The Labute approximate surface area is 142 Å². The third-order valence-corrected chi connectivity index (χ3v) is 4.86. The van der Waals surface area contributed by atoms with Crippen LogP contribution < -0.4 is 0 Å². The molecule has 0 radical (unpaired) electrons. The largest absolute Gasteiger partial charge is 0.393 e. The number of ether oxygens (including phenoxy) is 2. The van der Waals surface area contributed by atoms with Crippen LogP contribution in [-0.4, -0.2) is 69.7 Å². The molecule has 0 aromatic heterocycles. The molecule has 10 heteroatoms. The molecule has 0 heterocycles. The van der Waals surface area contributed by atoms with Gasteiger partial charge in [-0.2, -0.15) is 0 Å². The van der Waals surface area contributed by atoms with E-state index in [4.69, 9.17) is 15.3 Å². The number of carbonyl (C=O) groups is 4. The van der Waals surface area contributed by atoms with Crippen LogP contribution in [0.2, 0.25) is 0 Å². The van der Waals surface area contributed by atoms with Gasteiger partial charge in [-0.05, 0) is 31.6 Å². The lowest BCUT2D eigenvalue weighted by Crippen LogP contribution is -2.44. The summed E-state index contributed by atoms with van der Waals surface area (Å²) in [6.45, 7) is -1.83. The van der Waals surface area contributed by atoms with Gasteiger partial charge in [-0.15, -0.1) is 0 Å². The first kappa shape index (κ1) is 19.4. The lowest BCUT2D eigenvalue weighted by Gasteiger charge is -2.30. The van der Waals surface area contributed by atoms with Crippen LogP contribution in [0.25, 0.3) is 0 Å². The molecule has 0 aliphatic heterocycles. The fourth-order valence-corrected chi connectivity index (χ4v) is 3.56. The van der Waals surface area contributed by atoms with E-state index in [9.17, 15) is 24.3 Å². The summed E-state index contributed by atoms with van der Waals surface area (Å²) in [7, 11) is 0. The van der Waals surface area contributed by atoms with Crippen molar-refractivity contribution in [2.45, 2.75) is 37.9 Å². The maximum Gasteiger partial charge on any atom is 0.345 e. The Balaban J connectivity index is 2.11. The quantitative estimate of drug-likeness (QED) is 0.297. The van der Waals surface area contributed by atoms with E-state index in [-0.39, 0.29) is 25.2 Å². The molecule has 10 nitrogen and oxygen atoms in total. The second-order valence-electron chi connectivity index (χ2n) is 6.40. The first-order valence-corrected chi connectivity index (χ1v) is 7.84. The Morgan fingerprint density at radius 3 is 2.08 bits per heavy atom. The van der Waals surface area contributed by atoms with Gasteiger partial charge in [0.25, 0.3) is 0 Å². The molecular weight excluding hydrogens is 340 g/mol. The van der Waals surface area contributed by atoms with E-state index in [1.54, 1.807) is 0 Å². The van der Waals surface area contributed by atoms with Crippen molar-refractivity contribution in [3.8, 4) is 0 Å². The van der Waals surface area contributed by atoms with Crippen molar-refractivity contribution in [2.75, 3.05) is 13.2 Å². The minimum absolute atomic E-state index is 0.0147. The topological polar surface area (TPSA) is 168 Å². The third kappa shape index (κ3) is 3.71. The highest BCUT2D eigenvalue weighted by Gasteiger charge is 2.61. The highest BCUT2D eigenvalue weighted by molar-refractivity contribution is 5.96. The zero-order valence-corrected chi connectivity index (χ0v) is 13.3. The SMILES string of the molecule is O=C(OC(=O)C1CC2CCC1(C(=O)OC(=O)C(O)CO)C2)C(O)CO. The zero-order chi connectivity index (χ0) is 18.8. The molecule has 2 saturated carbocycles.